The summed E-state index contributed by atoms with van der Waals surface area (Å²) in [7, 11) is 0. The number of nitrogens with zero attached hydrogens (tertiary/aromatic N) is 1. The number of rotatable bonds is 0. The number of anilines is 2. The van der Waals surface area contributed by atoms with Crippen LogP contribution in [0.4, 0.5) is 11.5 Å². The Bertz CT molecular complexity index is 331. The fraction of sp³-hybridized carbons (Fsp3) is 0.500. The lowest BCUT2D eigenvalue weighted by atomic mass is 10.0. The zero-order chi connectivity index (χ0) is 9.47. The van der Waals surface area contributed by atoms with Crippen LogP contribution in [0.15, 0.2) is 12.3 Å². The van der Waals surface area contributed by atoms with Crippen LogP contribution < -0.4 is 10.6 Å². The van der Waals surface area contributed by atoms with Crippen molar-refractivity contribution in [3.05, 3.63) is 17.8 Å². The molecule has 0 saturated carbocycles. The lowest BCUT2D eigenvalue weighted by Gasteiger charge is -2.33. The highest BCUT2D eigenvalue weighted by Gasteiger charge is 2.24. The third-order valence-corrected chi connectivity index (χ3v) is 2.20. The first-order valence-corrected chi connectivity index (χ1v) is 4.55. The molecule has 0 radical (unpaired) electrons. The van der Waals surface area contributed by atoms with Gasteiger partial charge in [-0.15, -0.1) is 0 Å². The van der Waals surface area contributed by atoms with E-state index < -0.39 is 0 Å². The molecule has 2 rings (SSSR count). The van der Waals surface area contributed by atoms with E-state index >= 15 is 0 Å². The van der Waals surface area contributed by atoms with Gasteiger partial charge in [0, 0.05) is 12.7 Å². The summed E-state index contributed by atoms with van der Waals surface area (Å²) in [5.74, 6) is 0.960. The van der Waals surface area contributed by atoms with Gasteiger partial charge in [0.25, 0.3) is 0 Å². The molecule has 0 saturated heterocycles. The Morgan fingerprint density at radius 3 is 3.00 bits per heavy atom. The zero-order valence-electron chi connectivity index (χ0n) is 8.31. The normalized spacial score (nSPS) is 18.4. The first-order chi connectivity index (χ1) is 6.07. The first kappa shape index (κ1) is 8.35. The summed E-state index contributed by atoms with van der Waals surface area (Å²) >= 11 is 0. The van der Waals surface area contributed by atoms with Crippen LogP contribution in [0, 0.1) is 6.92 Å². The Morgan fingerprint density at radius 1 is 1.46 bits per heavy atom. The van der Waals surface area contributed by atoms with E-state index in [4.69, 9.17) is 0 Å². The molecule has 1 aliphatic rings. The molecule has 2 N–H and O–H groups in total. The summed E-state index contributed by atoms with van der Waals surface area (Å²) in [5.41, 5.74) is 2.39. The van der Waals surface area contributed by atoms with Crippen LogP contribution in [-0.4, -0.2) is 17.1 Å². The topological polar surface area (TPSA) is 37.0 Å². The summed E-state index contributed by atoms with van der Waals surface area (Å²) in [5, 5.41) is 6.76. The molecule has 70 valence electrons. The maximum atomic E-state index is 4.34. The Morgan fingerprint density at radius 2 is 2.23 bits per heavy atom. The van der Waals surface area contributed by atoms with E-state index in [-0.39, 0.29) is 5.54 Å². The molecule has 3 heteroatoms. The van der Waals surface area contributed by atoms with Gasteiger partial charge in [0.15, 0.2) is 0 Å². The first-order valence-electron chi connectivity index (χ1n) is 4.55. The van der Waals surface area contributed by atoms with E-state index in [0.717, 1.165) is 18.1 Å². The highest BCUT2D eigenvalue weighted by Crippen LogP contribution is 2.27. The zero-order valence-corrected chi connectivity index (χ0v) is 8.31. The molecule has 0 unspecified atom stereocenters. The van der Waals surface area contributed by atoms with Crippen LogP contribution in [0.1, 0.15) is 19.4 Å². The van der Waals surface area contributed by atoms with E-state index in [1.807, 2.05) is 6.20 Å². The van der Waals surface area contributed by atoms with E-state index in [0.29, 0.717) is 0 Å². The summed E-state index contributed by atoms with van der Waals surface area (Å²) in [4.78, 5) is 4.34. The monoisotopic (exact) mass is 177 g/mol. The van der Waals surface area contributed by atoms with Gasteiger partial charge in [-0.2, -0.15) is 0 Å². The molecular formula is C10H15N3. The van der Waals surface area contributed by atoms with Gasteiger partial charge in [0.2, 0.25) is 0 Å². The quantitative estimate of drug-likeness (QED) is 0.636. The molecule has 1 aromatic rings. The largest absolute Gasteiger partial charge is 0.380 e. The van der Waals surface area contributed by atoms with Gasteiger partial charge in [-0.1, -0.05) is 0 Å². The Hall–Kier alpha value is -1.25. The summed E-state index contributed by atoms with van der Waals surface area (Å²) < 4.78 is 0. The molecule has 1 aliphatic heterocycles. The van der Waals surface area contributed by atoms with Crippen molar-refractivity contribution in [3.8, 4) is 0 Å². The predicted molar refractivity (Wildman–Crippen MR) is 55.2 cm³/mol. The SMILES string of the molecule is Cc1cnc2c(c1)NCC(C)(C)N2. The highest BCUT2D eigenvalue weighted by atomic mass is 15.1. The van der Waals surface area contributed by atoms with Crippen LogP contribution in [-0.2, 0) is 0 Å². The predicted octanol–water partition coefficient (Wildman–Crippen LogP) is 2.01. The van der Waals surface area contributed by atoms with Gasteiger partial charge < -0.3 is 10.6 Å². The maximum Gasteiger partial charge on any atom is 0.149 e. The molecule has 13 heavy (non-hydrogen) atoms. The van der Waals surface area contributed by atoms with Gasteiger partial charge in [-0.25, -0.2) is 4.98 Å². The molecule has 3 nitrogen and oxygen atoms in total. The highest BCUT2D eigenvalue weighted by molar-refractivity contribution is 5.68. The van der Waals surface area contributed by atoms with Gasteiger partial charge in [0.05, 0.1) is 11.2 Å². The lowest BCUT2D eigenvalue weighted by molar-refractivity contribution is 0.585. The Balaban J connectivity index is 2.37. The lowest BCUT2D eigenvalue weighted by Crippen LogP contribution is -2.42. The van der Waals surface area contributed by atoms with Crippen molar-refractivity contribution in [2.75, 3.05) is 17.2 Å². The minimum Gasteiger partial charge on any atom is -0.380 e. The van der Waals surface area contributed by atoms with Crippen LogP contribution in [0.5, 0.6) is 0 Å². The van der Waals surface area contributed by atoms with Crippen molar-refractivity contribution in [1.29, 1.82) is 0 Å². The average Bonchev–Trinajstić information content (AvgIpc) is 2.05. The van der Waals surface area contributed by atoms with Crippen molar-refractivity contribution in [1.82, 2.24) is 4.98 Å². The molecule has 0 spiro atoms. The molecule has 2 heterocycles. The van der Waals surface area contributed by atoms with Gasteiger partial charge in [0.1, 0.15) is 5.82 Å². The maximum absolute atomic E-state index is 4.34. The van der Waals surface area contributed by atoms with E-state index in [1.165, 1.54) is 5.56 Å². The Kier molecular flexibility index (Phi) is 1.68. The third kappa shape index (κ3) is 1.59. The van der Waals surface area contributed by atoms with Gasteiger partial charge >= 0.3 is 0 Å². The van der Waals surface area contributed by atoms with Crippen molar-refractivity contribution in [3.63, 3.8) is 0 Å². The number of aryl methyl sites for hydroxylation is 1. The van der Waals surface area contributed by atoms with Crippen molar-refractivity contribution < 1.29 is 0 Å². The fourth-order valence-corrected chi connectivity index (χ4v) is 1.48. The third-order valence-electron chi connectivity index (χ3n) is 2.20. The standard InChI is InChI=1S/C10H15N3/c1-7-4-8-9(11-5-7)13-10(2,3)6-12-8/h4-5,12H,6H2,1-3H3,(H,11,13). The summed E-state index contributed by atoms with van der Waals surface area (Å²) in [6, 6.07) is 2.12. The fourth-order valence-electron chi connectivity index (χ4n) is 1.48. The number of hydrogen-bond acceptors (Lipinski definition) is 3. The molecule has 0 atom stereocenters. The van der Waals surface area contributed by atoms with Gasteiger partial charge in [-0.3, -0.25) is 0 Å². The number of pyridine rings is 1. The number of hydrogen-bond donors (Lipinski definition) is 2. The second-order valence-electron chi connectivity index (χ2n) is 4.27. The summed E-state index contributed by atoms with van der Waals surface area (Å²) in [6.07, 6.45) is 1.88. The molecule has 0 amide bonds. The average molecular weight is 177 g/mol. The molecule has 0 aromatic carbocycles. The van der Waals surface area contributed by atoms with Crippen LogP contribution in [0.2, 0.25) is 0 Å². The summed E-state index contributed by atoms with van der Waals surface area (Å²) in [6.45, 7) is 7.30. The molecule has 0 fully saturated rings. The van der Waals surface area contributed by atoms with Crippen molar-refractivity contribution in [2.24, 2.45) is 0 Å². The van der Waals surface area contributed by atoms with Crippen LogP contribution >= 0.6 is 0 Å². The van der Waals surface area contributed by atoms with Crippen molar-refractivity contribution >= 4 is 11.5 Å². The second-order valence-corrected chi connectivity index (χ2v) is 4.27. The molecule has 1 aromatic heterocycles. The second kappa shape index (κ2) is 2.62. The van der Waals surface area contributed by atoms with Gasteiger partial charge in [-0.05, 0) is 32.4 Å². The molecule has 0 bridgehead atoms. The number of nitrogens with one attached hydrogen (secondary N) is 2. The van der Waals surface area contributed by atoms with E-state index in [1.54, 1.807) is 0 Å². The van der Waals surface area contributed by atoms with Crippen LogP contribution in [0.3, 0.4) is 0 Å². The number of aromatic nitrogens is 1. The Labute approximate surface area is 78.6 Å². The minimum absolute atomic E-state index is 0.0925. The minimum atomic E-state index is 0.0925. The molecule has 0 aliphatic carbocycles. The smallest absolute Gasteiger partial charge is 0.149 e. The number of fused-ring (bicyclic) bond motifs is 1. The van der Waals surface area contributed by atoms with E-state index in [2.05, 4.69) is 42.5 Å². The van der Waals surface area contributed by atoms with E-state index in [9.17, 15) is 0 Å². The van der Waals surface area contributed by atoms with Crippen LogP contribution in [0.25, 0.3) is 0 Å². The molecular weight excluding hydrogens is 162 g/mol. The van der Waals surface area contributed by atoms with Crippen molar-refractivity contribution in [2.45, 2.75) is 26.3 Å².